The summed E-state index contributed by atoms with van der Waals surface area (Å²) in [5.41, 5.74) is 12.6. The van der Waals surface area contributed by atoms with Crippen LogP contribution >= 0.6 is 11.3 Å². The van der Waals surface area contributed by atoms with Gasteiger partial charge in [-0.25, -0.2) is 4.98 Å². The summed E-state index contributed by atoms with van der Waals surface area (Å²) >= 11 is 1.67. The summed E-state index contributed by atoms with van der Waals surface area (Å²) < 4.78 is 0. The number of benzene rings is 1. The molecule has 3 nitrogen and oxygen atoms in total. The lowest BCUT2D eigenvalue weighted by atomic mass is 10.1. The van der Waals surface area contributed by atoms with Gasteiger partial charge in [-0.1, -0.05) is 6.07 Å². The molecule has 0 fully saturated rings. The van der Waals surface area contributed by atoms with Gasteiger partial charge >= 0.3 is 0 Å². The lowest BCUT2D eigenvalue weighted by molar-refractivity contribution is 0.287. The first-order valence-corrected chi connectivity index (χ1v) is 6.72. The van der Waals surface area contributed by atoms with Gasteiger partial charge in [0.1, 0.15) is 0 Å². The molecule has 3 rings (SSSR count). The quantitative estimate of drug-likeness (QED) is 0.844. The van der Waals surface area contributed by atoms with Crippen LogP contribution in [0.3, 0.4) is 0 Å². The van der Waals surface area contributed by atoms with Crippen molar-refractivity contribution in [1.82, 2.24) is 9.88 Å². The number of nitrogens with zero attached hydrogens (tertiary/aromatic N) is 2. The van der Waals surface area contributed by atoms with E-state index in [0.29, 0.717) is 0 Å². The Morgan fingerprint density at radius 1 is 1.29 bits per heavy atom. The average Bonchev–Trinajstić information content (AvgIpc) is 2.94. The fraction of sp³-hybridized carbons (Fsp3) is 0.308. The molecule has 0 amide bonds. The Labute approximate surface area is 105 Å². The molecule has 0 spiro atoms. The van der Waals surface area contributed by atoms with Gasteiger partial charge < -0.3 is 5.73 Å². The highest BCUT2D eigenvalue weighted by Crippen LogP contribution is 2.24. The largest absolute Gasteiger partial charge is 0.399 e. The van der Waals surface area contributed by atoms with E-state index in [-0.39, 0.29) is 0 Å². The molecular formula is C13H15N3S. The van der Waals surface area contributed by atoms with E-state index in [4.69, 9.17) is 5.73 Å². The zero-order valence-corrected chi connectivity index (χ0v) is 10.4. The number of aromatic nitrogens is 1. The Balaban J connectivity index is 1.62. The molecular weight excluding hydrogens is 230 g/mol. The third-order valence-electron chi connectivity index (χ3n) is 3.19. The minimum atomic E-state index is 0.866. The molecule has 17 heavy (non-hydrogen) atoms. The molecule has 2 heterocycles. The summed E-state index contributed by atoms with van der Waals surface area (Å²) in [6.07, 6.45) is 1.03. The number of hydrogen-bond donors (Lipinski definition) is 1. The van der Waals surface area contributed by atoms with Crippen molar-refractivity contribution in [3.05, 3.63) is 45.9 Å². The van der Waals surface area contributed by atoms with E-state index < -0.39 is 0 Å². The van der Waals surface area contributed by atoms with Crippen LogP contribution in [0, 0.1) is 0 Å². The lowest BCUT2D eigenvalue weighted by Crippen LogP contribution is -2.19. The Morgan fingerprint density at radius 2 is 2.18 bits per heavy atom. The minimum Gasteiger partial charge on any atom is -0.399 e. The standard InChI is InChI=1S/C13H15N3S/c14-12-2-1-10-6-16(7-11(10)5-12)4-3-13-8-17-9-15-13/h1-2,5,8-9H,3-4,6-7,14H2. The van der Waals surface area contributed by atoms with E-state index in [1.807, 2.05) is 11.6 Å². The maximum Gasteiger partial charge on any atom is 0.0794 e. The first-order chi connectivity index (χ1) is 8.31. The highest BCUT2D eigenvalue weighted by molar-refractivity contribution is 7.07. The summed E-state index contributed by atoms with van der Waals surface area (Å²) in [6, 6.07) is 6.23. The smallest absolute Gasteiger partial charge is 0.0794 e. The van der Waals surface area contributed by atoms with Crippen LogP contribution in [0.4, 0.5) is 5.69 Å². The van der Waals surface area contributed by atoms with Crippen molar-refractivity contribution in [2.24, 2.45) is 0 Å². The van der Waals surface area contributed by atoms with E-state index in [0.717, 1.165) is 31.7 Å². The molecule has 0 aliphatic carbocycles. The third-order valence-corrected chi connectivity index (χ3v) is 3.82. The maximum atomic E-state index is 5.80. The van der Waals surface area contributed by atoms with E-state index >= 15 is 0 Å². The summed E-state index contributed by atoms with van der Waals surface area (Å²) in [5.74, 6) is 0. The Morgan fingerprint density at radius 3 is 3.00 bits per heavy atom. The van der Waals surface area contributed by atoms with Gasteiger partial charge in [-0.2, -0.15) is 0 Å². The first-order valence-electron chi connectivity index (χ1n) is 5.78. The number of thiazole rings is 1. The number of nitrogens with two attached hydrogens (primary N) is 1. The van der Waals surface area contributed by atoms with Crippen molar-refractivity contribution in [3.8, 4) is 0 Å². The van der Waals surface area contributed by atoms with Gasteiger partial charge in [0.05, 0.1) is 11.2 Å². The number of nitrogen functional groups attached to an aromatic ring is 1. The zero-order valence-electron chi connectivity index (χ0n) is 9.60. The summed E-state index contributed by atoms with van der Waals surface area (Å²) in [4.78, 5) is 6.76. The second kappa shape index (κ2) is 4.47. The van der Waals surface area contributed by atoms with E-state index in [1.54, 1.807) is 11.3 Å². The molecule has 1 aliphatic rings. The van der Waals surface area contributed by atoms with E-state index in [2.05, 4.69) is 27.4 Å². The second-order valence-electron chi connectivity index (χ2n) is 4.47. The molecule has 1 aromatic heterocycles. The Kier molecular flexibility index (Phi) is 2.82. The van der Waals surface area contributed by atoms with Crippen LogP contribution in [-0.2, 0) is 19.5 Å². The first kappa shape index (κ1) is 10.7. The predicted octanol–water partition coefficient (Wildman–Crippen LogP) is 2.28. The van der Waals surface area contributed by atoms with Crippen LogP contribution in [0.5, 0.6) is 0 Å². The SMILES string of the molecule is Nc1ccc2c(c1)CN(CCc1cscn1)C2. The van der Waals surface area contributed by atoms with Crippen LogP contribution in [0.2, 0.25) is 0 Å². The molecule has 0 atom stereocenters. The van der Waals surface area contributed by atoms with Gasteiger partial charge in [-0.3, -0.25) is 4.90 Å². The molecule has 0 unspecified atom stereocenters. The molecule has 1 aliphatic heterocycles. The van der Waals surface area contributed by atoms with Crippen molar-refractivity contribution in [2.75, 3.05) is 12.3 Å². The average molecular weight is 245 g/mol. The van der Waals surface area contributed by atoms with Gasteiger partial charge in [0, 0.05) is 37.1 Å². The Hall–Kier alpha value is -1.39. The van der Waals surface area contributed by atoms with Gasteiger partial charge in [0.25, 0.3) is 0 Å². The maximum absolute atomic E-state index is 5.80. The van der Waals surface area contributed by atoms with Crippen molar-refractivity contribution in [3.63, 3.8) is 0 Å². The van der Waals surface area contributed by atoms with Crippen LogP contribution in [0.1, 0.15) is 16.8 Å². The highest BCUT2D eigenvalue weighted by Gasteiger charge is 2.18. The molecule has 2 N–H and O–H groups in total. The summed E-state index contributed by atoms with van der Waals surface area (Å²) in [5, 5.41) is 2.13. The molecule has 2 aromatic rings. The third kappa shape index (κ3) is 2.33. The fourth-order valence-electron chi connectivity index (χ4n) is 2.28. The molecule has 0 saturated heterocycles. The van der Waals surface area contributed by atoms with Crippen LogP contribution in [-0.4, -0.2) is 16.4 Å². The summed E-state index contributed by atoms with van der Waals surface area (Å²) in [6.45, 7) is 3.13. The second-order valence-corrected chi connectivity index (χ2v) is 5.19. The summed E-state index contributed by atoms with van der Waals surface area (Å²) in [7, 11) is 0. The number of fused-ring (bicyclic) bond motifs is 1. The van der Waals surface area contributed by atoms with E-state index in [9.17, 15) is 0 Å². The molecule has 1 aromatic carbocycles. The van der Waals surface area contributed by atoms with Gasteiger partial charge in [-0.15, -0.1) is 11.3 Å². The zero-order chi connectivity index (χ0) is 11.7. The number of rotatable bonds is 3. The Bertz CT molecular complexity index is 507. The highest BCUT2D eigenvalue weighted by atomic mass is 32.1. The number of hydrogen-bond acceptors (Lipinski definition) is 4. The van der Waals surface area contributed by atoms with Crippen LogP contribution < -0.4 is 5.73 Å². The van der Waals surface area contributed by atoms with Gasteiger partial charge in [-0.05, 0) is 23.3 Å². The van der Waals surface area contributed by atoms with Crippen molar-refractivity contribution < 1.29 is 0 Å². The molecule has 88 valence electrons. The minimum absolute atomic E-state index is 0.866. The normalized spacial score (nSPS) is 15.1. The molecule has 0 radical (unpaired) electrons. The fourth-order valence-corrected chi connectivity index (χ4v) is 2.87. The van der Waals surface area contributed by atoms with Gasteiger partial charge in [0.15, 0.2) is 0 Å². The molecule has 0 bridgehead atoms. The molecule has 4 heteroatoms. The number of anilines is 1. The van der Waals surface area contributed by atoms with Crippen molar-refractivity contribution in [1.29, 1.82) is 0 Å². The van der Waals surface area contributed by atoms with Crippen LogP contribution in [0.25, 0.3) is 0 Å². The van der Waals surface area contributed by atoms with E-state index in [1.165, 1.54) is 16.8 Å². The van der Waals surface area contributed by atoms with Crippen LogP contribution in [0.15, 0.2) is 29.1 Å². The van der Waals surface area contributed by atoms with Crippen molar-refractivity contribution in [2.45, 2.75) is 19.5 Å². The monoisotopic (exact) mass is 245 g/mol. The predicted molar refractivity (Wildman–Crippen MR) is 70.8 cm³/mol. The topological polar surface area (TPSA) is 42.1 Å². The lowest BCUT2D eigenvalue weighted by Gasteiger charge is -2.13. The van der Waals surface area contributed by atoms with Gasteiger partial charge in [0.2, 0.25) is 0 Å². The molecule has 0 saturated carbocycles. The van der Waals surface area contributed by atoms with Crippen molar-refractivity contribution >= 4 is 17.0 Å².